The zero-order chi connectivity index (χ0) is 15.5. The largest absolute Gasteiger partial charge is 0.457 e. The molecule has 0 spiro atoms. The summed E-state index contributed by atoms with van der Waals surface area (Å²) in [6.07, 6.45) is 1.36. The second-order valence-corrected chi connectivity index (χ2v) is 4.66. The van der Waals surface area contributed by atoms with Crippen LogP contribution in [0, 0.1) is 11.8 Å². The van der Waals surface area contributed by atoms with Gasteiger partial charge in [-0.1, -0.05) is 6.07 Å². The summed E-state index contributed by atoms with van der Waals surface area (Å²) in [5, 5.41) is 0. The maximum atomic E-state index is 13.9. The molecule has 0 unspecified atom stereocenters. The normalized spacial score (nSPS) is 10.5. The van der Waals surface area contributed by atoms with Gasteiger partial charge < -0.3 is 10.5 Å². The molecule has 0 aliphatic heterocycles. The molecule has 0 radical (unpaired) electrons. The Bertz CT molecular complexity index is 821. The van der Waals surface area contributed by atoms with Gasteiger partial charge in [-0.3, -0.25) is 0 Å². The third kappa shape index (κ3) is 2.88. The molecular weight excluding hydrogens is 286 g/mol. The lowest BCUT2D eigenvalue weighted by atomic mass is 10.1. The highest BCUT2D eigenvalue weighted by Crippen LogP contribution is 2.35. The SMILES string of the molecule is Nc1ccc(-c2cccnc2F)c(Oc2cccc(F)c2)c1. The highest BCUT2D eigenvalue weighted by molar-refractivity contribution is 5.73. The summed E-state index contributed by atoms with van der Waals surface area (Å²) < 4.78 is 32.8. The summed E-state index contributed by atoms with van der Waals surface area (Å²) in [5.74, 6) is -0.402. The molecule has 0 aliphatic rings. The van der Waals surface area contributed by atoms with E-state index in [0.717, 1.165) is 0 Å². The first-order valence-electron chi connectivity index (χ1n) is 6.57. The van der Waals surface area contributed by atoms with Crippen LogP contribution < -0.4 is 10.5 Å². The lowest BCUT2D eigenvalue weighted by Gasteiger charge is -2.12. The topological polar surface area (TPSA) is 48.1 Å². The summed E-state index contributed by atoms with van der Waals surface area (Å²) in [5.41, 5.74) is 7.00. The van der Waals surface area contributed by atoms with E-state index in [0.29, 0.717) is 22.7 Å². The van der Waals surface area contributed by atoms with Crippen LogP contribution in [-0.2, 0) is 0 Å². The Labute approximate surface area is 126 Å². The second kappa shape index (κ2) is 5.81. The van der Waals surface area contributed by atoms with Gasteiger partial charge in [-0.25, -0.2) is 9.37 Å². The first kappa shape index (κ1) is 14.0. The number of nitrogen functional groups attached to an aromatic ring is 1. The minimum Gasteiger partial charge on any atom is -0.457 e. The van der Waals surface area contributed by atoms with Gasteiger partial charge in [0.25, 0.3) is 0 Å². The Hall–Kier alpha value is -2.95. The van der Waals surface area contributed by atoms with Crippen LogP contribution in [0.3, 0.4) is 0 Å². The van der Waals surface area contributed by atoms with Gasteiger partial charge >= 0.3 is 0 Å². The van der Waals surface area contributed by atoms with E-state index in [4.69, 9.17) is 10.5 Å². The van der Waals surface area contributed by atoms with Crippen LogP contribution in [0.5, 0.6) is 11.5 Å². The van der Waals surface area contributed by atoms with Crippen LogP contribution in [0.4, 0.5) is 14.5 Å². The summed E-state index contributed by atoms with van der Waals surface area (Å²) >= 11 is 0. The number of aromatic nitrogens is 1. The molecule has 3 aromatic rings. The molecule has 0 atom stereocenters. The molecule has 0 bridgehead atoms. The van der Waals surface area contributed by atoms with E-state index in [1.54, 1.807) is 36.4 Å². The van der Waals surface area contributed by atoms with Crippen molar-refractivity contribution in [3.05, 3.63) is 72.6 Å². The summed E-state index contributed by atoms with van der Waals surface area (Å²) in [6, 6.07) is 13.8. The van der Waals surface area contributed by atoms with Crippen LogP contribution in [0.25, 0.3) is 11.1 Å². The third-order valence-corrected chi connectivity index (χ3v) is 3.08. The standard InChI is InChI=1S/C17H12F2N2O/c18-11-3-1-4-13(9-11)22-16-10-12(20)6-7-14(16)15-5-2-8-21-17(15)19/h1-10H,20H2. The molecule has 0 fully saturated rings. The number of nitrogens with zero attached hydrogens (tertiary/aromatic N) is 1. The zero-order valence-corrected chi connectivity index (χ0v) is 11.5. The Morgan fingerprint density at radius 1 is 0.909 bits per heavy atom. The fourth-order valence-electron chi connectivity index (χ4n) is 2.09. The van der Waals surface area contributed by atoms with Crippen molar-refractivity contribution in [2.24, 2.45) is 0 Å². The van der Waals surface area contributed by atoms with Crippen molar-refractivity contribution < 1.29 is 13.5 Å². The third-order valence-electron chi connectivity index (χ3n) is 3.08. The van der Waals surface area contributed by atoms with Gasteiger partial charge in [-0.15, -0.1) is 0 Å². The molecule has 2 aromatic carbocycles. The molecule has 110 valence electrons. The molecule has 1 heterocycles. The number of ether oxygens (including phenoxy) is 1. The average Bonchev–Trinajstić information content (AvgIpc) is 2.49. The van der Waals surface area contributed by atoms with Gasteiger partial charge in [0.1, 0.15) is 17.3 Å². The summed E-state index contributed by atoms with van der Waals surface area (Å²) in [4.78, 5) is 3.63. The minimum atomic E-state index is -0.614. The van der Waals surface area contributed by atoms with E-state index in [-0.39, 0.29) is 5.56 Å². The molecule has 0 amide bonds. The van der Waals surface area contributed by atoms with E-state index < -0.39 is 11.8 Å². The van der Waals surface area contributed by atoms with Crippen LogP contribution in [-0.4, -0.2) is 4.98 Å². The lowest BCUT2D eigenvalue weighted by molar-refractivity contribution is 0.478. The number of nitrogens with two attached hydrogens (primary N) is 1. The number of halogens is 2. The van der Waals surface area contributed by atoms with Crippen molar-refractivity contribution in [1.29, 1.82) is 0 Å². The molecule has 3 nitrogen and oxygen atoms in total. The molecule has 2 N–H and O–H groups in total. The maximum Gasteiger partial charge on any atom is 0.220 e. The first-order valence-corrected chi connectivity index (χ1v) is 6.57. The number of benzene rings is 2. The average molecular weight is 298 g/mol. The molecule has 0 saturated heterocycles. The fraction of sp³-hybridized carbons (Fsp3) is 0. The van der Waals surface area contributed by atoms with Crippen LogP contribution in [0.1, 0.15) is 0 Å². The van der Waals surface area contributed by atoms with Gasteiger partial charge in [0.05, 0.1) is 0 Å². The quantitative estimate of drug-likeness (QED) is 0.576. The van der Waals surface area contributed by atoms with Crippen molar-refractivity contribution in [3.8, 4) is 22.6 Å². The maximum absolute atomic E-state index is 13.9. The minimum absolute atomic E-state index is 0.286. The Morgan fingerprint density at radius 3 is 2.55 bits per heavy atom. The van der Waals surface area contributed by atoms with Gasteiger partial charge in [0, 0.05) is 35.1 Å². The predicted octanol–water partition coefficient (Wildman–Crippen LogP) is 4.40. The highest BCUT2D eigenvalue weighted by Gasteiger charge is 2.13. The lowest BCUT2D eigenvalue weighted by Crippen LogP contribution is -1.94. The molecule has 0 saturated carbocycles. The fourth-order valence-corrected chi connectivity index (χ4v) is 2.09. The van der Waals surface area contributed by atoms with Crippen LogP contribution in [0.2, 0.25) is 0 Å². The first-order chi connectivity index (χ1) is 10.6. The van der Waals surface area contributed by atoms with Crippen LogP contribution >= 0.6 is 0 Å². The van der Waals surface area contributed by atoms with Gasteiger partial charge in [-0.2, -0.15) is 4.39 Å². The van der Waals surface area contributed by atoms with Crippen molar-refractivity contribution in [1.82, 2.24) is 4.98 Å². The van der Waals surface area contributed by atoms with Crippen LogP contribution in [0.15, 0.2) is 60.8 Å². The molecule has 3 rings (SSSR count). The zero-order valence-electron chi connectivity index (χ0n) is 11.5. The molecule has 22 heavy (non-hydrogen) atoms. The number of hydrogen-bond donors (Lipinski definition) is 1. The van der Waals surface area contributed by atoms with E-state index in [1.165, 1.54) is 24.4 Å². The second-order valence-electron chi connectivity index (χ2n) is 4.66. The number of anilines is 1. The van der Waals surface area contributed by atoms with Crippen molar-refractivity contribution in [3.63, 3.8) is 0 Å². The van der Waals surface area contributed by atoms with E-state index >= 15 is 0 Å². The van der Waals surface area contributed by atoms with Crippen molar-refractivity contribution in [2.75, 3.05) is 5.73 Å². The number of rotatable bonds is 3. The number of hydrogen-bond acceptors (Lipinski definition) is 3. The van der Waals surface area contributed by atoms with Crippen molar-refractivity contribution >= 4 is 5.69 Å². The van der Waals surface area contributed by atoms with Crippen molar-refractivity contribution in [2.45, 2.75) is 0 Å². The van der Waals surface area contributed by atoms with Gasteiger partial charge in [0.15, 0.2) is 0 Å². The van der Waals surface area contributed by atoms with E-state index in [2.05, 4.69) is 4.98 Å². The van der Waals surface area contributed by atoms with E-state index in [1.807, 2.05) is 0 Å². The number of pyridine rings is 1. The Balaban J connectivity index is 2.07. The molecule has 5 heteroatoms. The Kier molecular flexibility index (Phi) is 3.70. The highest BCUT2D eigenvalue weighted by atomic mass is 19.1. The molecular formula is C17H12F2N2O. The van der Waals surface area contributed by atoms with Gasteiger partial charge in [-0.05, 0) is 36.4 Å². The van der Waals surface area contributed by atoms with Gasteiger partial charge in [0.2, 0.25) is 5.95 Å². The summed E-state index contributed by atoms with van der Waals surface area (Å²) in [7, 11) is 0. The Morgan fingerprint density at radius 2 is 1.77 bits per heavy atom. The van der Waals surface area contributed by atoms with E-state index in [9.17, 15) is 8.78 Å². The predicted molar refractivity (Wildman–Crippen MR) is 80.5 cm³/mol. The molecule has 1 aromatic heterocycles. The monoisotopic (exact) mass is 298 g/mol. The smallest absolute Gasteiger partial charge is 0.220 e. The summed E-state index contributed by atoms with van der Waals surface area (Å²) in [6.45, 7) is 0. The molecule has 0 aliphatic carbocycles.